The van der Waals surface area contributed by atoms with Gasteiger partial charge in [-0.05, 0) is 13.3 Å². The number of carboxylic acids is 1. The summed E-state index contributed by atoms with van der Waals surface area (Å²) in [6.07, 6.45) is -0.104. The molecule has 92 valence electrons. The van der Waals surface area contributed by atoms with Gasteiger partial charge in [0.15, 0.2) is 0 Å². The summed E-state index contributed by atoms with van der Waals surface area (Å²) in [6, 6.07) is -1.92. The molecule has 0 aliphatic heterocycles. The Hall–Kier alpha value is -1.63. The summed E-state index contributed by atoms with van der Waals surface area (Å²) >= 11 is 0. The molecule has 7 nitrogen and oxygen atoms in total. The van der Waals surface area contributed by atoms with Crippen LogP contribution in [0.5, 0.6) is 0 Å². The fraction of sp³-hybridized carbons (Fsp3) is 0.667. The molecule has 0 aromatic rings. The molecule has 16 heavy (non-hydrogen) atoms. The van der Waals surface area contributed by atoms with Crippen molar-refractivity contribution in [3.8, 4) is 0 Å². The Morgan fingerprint density at radius 3 is 2.38 bits per heavy atom. The van der Waals surface area contributed by atoms with Crippen molar-refractivity contribution in [2.45, 2.75) is 31.8 Å². The van der Waals surface area contributed by atoms with E-state index in [1.54, 1.807) is 0 Å². The van der Waals surface area contributed by atoms with E-state index in [0.29, 0.717) is 0 Å². The van der Waals surface area contributed by atoms with Gasteiger partial charge in [-0.25, -0.2) is 4.79 Å². The Balaban J connectivity index is 4.24. The minimum Gasteiger partial charge on any atom is -0.480 e. The van der Waals surface area contributed by atoms with Gasteiger partial charge in [0.1, 0.15) is 6.04 Å². The average Bonchev–Trinajstić information content (AvgIpc) is 2.22. The zero-order chi connectivity index (χ0) is 12.7. The number of nitrogens with two attached hydrogens (primary N) is 1. The molecule has 7 heteroatoms. The maximum absolute atomic E-state index is 11.2. The molecule has 1 amide bonds. The minimum absolute atomic E-state index is 0.0273. The Labute approximate surface area is 92.9 Å². The van der Waals surface area contributed by atoms with Crippen LogP contribution in [-0.4, -0.2) is 42.1 Å². The lowest BCUT2D eigenvalue weighted by molar-refractivity contribution is -0.144. The number of esters is 1. The fourth-order valence-electron chi connectivity index (χ4n) is 0.925. The van der Waals surface area contributed by atoms with Crippen LogP contribution in [0.25, 0.3) is 0 Å². The number of rotatable bonds is 6. The topological polar surface area (TPSA) is 119 Å². The first-order valence-corrected chi connectivity index (χ1v) is 4.74. The van der Waals surface area contributed by atoms with Crippen LogP contribution in [0.15, 0.2) is 0 Å². The molecule has 0 fully saturated rings. The van der Waals surface area contributed by atoms with Crippen LogP contribution in [0, 0.1) is 0 Å². The molecular weight excluding hydrogens is 216 g/mol. The predicted molar refractivity (Wildman–Crippen MR) is 54.5 cm³/mol. The normalized spacial score (nSPS) is 13.7. The van der Waals surface area contributed by atoms with E-state index in [2.05, 4.69) is 10.1 Å². The van der Waals surface area contributed by atoms with Crippen molar-refractivity contribution in [1.29, 1.82) is 0 Å². The lowest BCUT2D eigenvalue weighted by Gasteiger charge is -2.15. The summed E-state index contributed by atoms with van der Waals surface area (Å²) in [6.45, 7) is 1.44. The van der Waals surface area contributed by atoms with Crippen LogP contribution in [-0.2, 0) is 19.1 Å². The van der Waals surface area contributed by atoms with E-state index in [1.807, 2.05) is 0 Å². The molecule has 0 heterocycles. The second kappa shape index (κ2) is 6.78. The second-order valence-corrected chi connectivity index (χ2v) is 3.30. The summed E-state index contributed by atoms with van der Waals surface area (Å²) in [5, 5.41) is 11.0. The number of hydrogen-bond donors (Lipinski definition) is 3. The van der Waals surface area contributed by atoms with E-state index >= 15 is 0 Å². The third-order valence-electron chi connectivity index (χ3n) is 1.89. The van der Waals surface area contributed by atoms with Gasteiger partial charge in [0.05, 0.1) is 13.2 Å². The van der Waals surface area contributed by atoms with Gasteiger partial charge in [0.25, 0.3) is 0 Å². The molecule has 2 unspecified atom stereocenters. The summed E-state index contributed by atoms with van der Waals surface area (Å²) in [5.74, 6) is -2.31. The molecule has 0 spiro atoms. The lowest BCUT2D eigenvalue weighted by atomic mass is 10.1. The van der Waals surface area contributed by atoms with E-state index < -0.39 is 29.9 Å². The molecule has 0 aromatic heterocycles. The van der Waals surface area contributed by atoms with Crippen molar-refractivity contribution in [2.75, 3.05) is 7.11 Å². The van der Waals surface area contributed by atoms with Crippen molar-refractivity contribution in [3.63, 3.8) is 0 Å². The van der Waals surface area contributed by atoms with Crippen molar-refractivity contribution >= 4 is 17.8 Å². The molecule has 0 aromatic carbocycles. The van der Waals surface area contributed by atoms with Crippen LogP contribution in [0.3, 0.4) is 0 Å². The molecular formula is C9H16N2O5. The van der Waals surface area contributed by atoms with Crippen LogP contribution in [0.4, 0.5) is 0 Å². The highest BCUT2D eigenvalue weighted by atomic mass is 16.5. The van der Waals surface area contributed by atoms with Gasteiger partial charge in [-0.3, -0.25) is 9.59 Å². The van der Waals surface area contributed by atoms with Gasteiger partial charge in [-0.1, -0.05) is 0 Å². The Bertz CT molecular complexity index is 277. The number of nitrogens with one attached hydrogen (secondary N) is 1. The van der Waals surface area contributed by atoms with Crippen LogP contribution < -0.4 is 11.1 Å². The monoisotopic (exact) mass is 232 g/mol. The highest BCUT2D eigenvalue weighted by Crippen LogP contribution is 2.00. The van der Waals surface area contributed by atoms with Crippen molar-refractivity contribution < 1.29 is 24.2 Å². The van der Waals surface area contributed by atoms with Crippen LogP contribution in [0.1, 0.15) is 19.8 Å². The molecule has 0 bridgehead atoms. The minimum atomic E-state index is -1.21. The van der Waals surface area contributed by atoms with Gasteiger partial charge < -0.3 is 20.9 Å². The fourth-order valence-corrected chi connectivity index (χ4v) is 0.925. The average molecular weight is 232 g/mol. The molecule has 0 aliphatic rings. The maximum atomic E-state index is 11.2. The van der Waals surface area contributed by atoms with Crippen LogP contribution in [0.2, 0.25) is 0 Å². The molecule has 0 aliphatic carbocycles. The number of methoxy groups -OCH3 is 1. The summed E-state index contributed by atoms with van der Waals surface area (Å²) in [5.41, 5.74) is 5.27. The highest BCUT2D eigenvalue weighted by molar-refractivity contribution is 5.86. The first-order valence-electron chi connectivity index (χ1n) is 4.74. The Morgan fingerprint density at radius 2 is 2.00 bits per heavy atom. The van der Waals surface area contributed by atoms with Crippen molar-refractivity contribution in [1.82, 2.24) is 5.32 Å². The largest absolute Gasteiger partial charge is 0.480 e. The number of carbonyl (C=O) groups excluding carboxylic acids is 2. The number of amides is 1. The van der Waals surface area contributed by atoms with Gasteiger partial charge in [-0.15, -0.1) is 0 Å². The molecule has 2 atom stereocenters. The maximum Gasteiger partial charge on any atom is 0.326 e. The standard InChI is InChI=1S/C9H16N2O5/c1-5(10)8(13)11-6(9(14)15)3-4-7(12)16-2/h5-6H,3-4,10H2,1-2H3,(H,11,13)(H,14,15). The van der Waals surface area contributed by atoms with Gasteiger partial charge in [0.2, 0.25) is 5.91 Å². The predicted octanol–water partition coefficient (Wildman–Crippen LogP) is -1.14. The molecule has 0 rings (SSSR count). The molecule has 0 saturated heterocycles. The smallest absolute Gasteiger partial charge is 0.326 e. The third kappa shape index (κ3) is 5.30. The van der Waals surface area contributed by atoms with E-state index in [-0.39, 0.29) is 12.8 Å². The number of ether oxygens (including phenoxy) is 1. The number of carbonyl (C=O) groups is 3. The van der Waals surface area contributed by atoms with E-state index in [9.17, 15) is 14.4 Å². The Morgan fingerprint density at radius 1 is 1.44 bits per heavy atom. The zero-order valence-electron chi connectivity index (χ0n) is 9.23. The van der Waals surface area contributed by atoms with Gasteiger partial charge in [0, 0.05) is 6.42 Å². The van der Waals surface area contributed by atoms with E-state index in [0.717, 1.165) is 0 Å². The van der Waals surface area contributed by atoms with Crippen molar-refractivity contribution in [2.24, 2.45) is 5.73 Å². The van der Waals surface area contributed by atoms with E-state index in [4.69, 9.17) is 10.8 Å². The molecule has 0 radical (unpaired) electrons. The first-order chi connectivity index (χ1) is 7.38. The molecule has 0 saturated carbocycles. The van der Waals surface area contributed by atoms with Crippen LogP contribution >= 0.6 is 0 Å². The first kappa shape index (κ1) is 14.4. The Kier molecular flexibility index (Phi) is 6.09. The summed E-state index contributed by atoms with van der Waals surface area (Å²) < 4.78 is 4.36. The quantitative estimate of drug-likeness (QED) is 0.498. The van der Waals surface area contributed by atoms with Gasteiger partial charge >= 0.3 is 11.9 Å². The number of carboxylic acid groups (broad SMARTS) is 1. The summed E-state index contributed by atoms with van der Waals surface area (Å²) in [7, 11) is 1.21. The number of hydrogen-bond acceptors (Lipinski definition) is 5. The zero-order valence-corrected chi connectivity index (χ0v) is 9.23. The lowest BCUT2D eigenvalue weighted by Crippen LogP contribution is -2.47. The van der Waals surface area contributed by atoms with Crippen molar-refractivity contribution in [3.05, 3.63) is 0 Å². The highest BCUT2D eigenvalue weighted by Gasteiger charge is 2.22. The SMILES string of the molecule is COC(=O)CCC(NC(=O)C(C)N)C(=O)O. The molecule has 4 N–H and O–H groups in total. The van der Waals surface area contributed by atoms with Gasteiger partial charge in [-0.2, -0.15) is 0 Å². The third-order valence-corrected chi connectivity index (χ3v) is 1.89. The second-order valence-electron chi connectivity index (χ2n) is 3.30. The summed E-state index contributed by atoms with van der Waals surface area (Å²) in [4.78, 5) is 32.7. The number of aliphatic carboxylic acids is 1. The van der Waals surface area contributed by atoms with E-state index in [1.165, 1.54) is 14.0 Å².